The van der Waals surface area contributed by atoms with Crippen molar-refractivity contribution < 1.29 is 19.4 Å². The normalized spacial score (nSPS) is 11.8. The molecule has 2 aromatic carbocycles. The summed E-state index contributed by atoms with van der Waals surface area (Å²) in [5.41, 5.74) is 1.34. The van der Waals surface area contributed by atoms with Crippen molar-refractivity contribution in [1.82, 2.24) is 5.32 Å². The Kier molecular flexibility index (Phi) is 8.62. The number of methoxy groups -OCH3 is 1. The van der Waals surface area contributed by atoms with Gasteiger partial charge in [0.25, 0.3) is 0 Å². The molecule has 0 saturated heterocycles. The summed E-state index contributed by atoms with van der Waals surface area (Å²) < 4.78 is 11.1. The number of aliphatic hydroxyl groups is 1. The van der Waals surface area contributed by atoms with E-state index in [0.717, 1.165) is 18.4 Å². The predicted molar refractivity (Wildman–Crippen MR) is 111 cm³/mol. The van der Waals surface area contributed by atoms with E-state index < -0.39 is 12.1 Å². The Morgan fingerprint density at radius 3 is 2.54 bits per heavy atom. The third-order valence-corrected chi connectivity index (χ3v) is 4.25. The first-order valence-corrected chi connectivity index (χ1v) is 9.58. The number of hydrogen-bond donors (Lipinski definition) is 3. The van der Waals surface area contributed by atoms with Crippen LogP contribution in [-0.2, 0) is 0 Å². The molecule has 0 heterocycles. The van der Waals surface area contributed by atoms with Crippen molar-refractivity contribution in [3.05, 3.63) is 54.1 Å². The molecule has 0 fully saturated rings. The molecule has 0 spiro atoms. The van der Waals surface area contributed by atoms with E-state index in [4.69, 9.17) is 9.47 Å². The molecule has 6 nitrogen and oxygen atoms in total. The van der Waals surface area contributed by atoms with Crippen LogP contribution in [0.3, 0.4) is 0 Å². The molecular formula is C22H30N2O4. The standard InChI is InChI=1S/C22H30N2O4/c1-16(2)8-7-13-28-21-14-18(11-12-20(21)27-3)24-22(26)23-15-19(25)17-9-5-4-6-10-17/h4-6,9-12,14,16,19,25H,7-8,13,15H2,1-3H3,(H2,23,24,26). The fraction of sp³-hybridized carbons (Fsp3) is 0.409. The van der Waals surface area contributed by atoms with E-state index in [-0.39, 0.29) is 6.54 Å². The molecule has 0 bridgehead atoms. The zero-order valence-corrected chi connectivity index (χ0v) is 16.8. The summed E-state index contributed by atoms with van der Waals surface area (Å²) in [6, 6.07) is 14.0. The summed E-state index contributed by atoms with van der Waals surface area (Å²) in [6.07, 6.45) is 1.28. The van der Waals surface area contributed by atoms with E-state index in [2.05, 4.69) is 24.5 Å². The van der Waals surface area contributed by atoms with E-state index in [1.54, 1.807) is 25.3 Å². The molecule has 0 aromatic heterocycles. The molecule has 1 atom stereocenters. The highest BCUT2D eigenvalue weighted by Crippen LogP contribution is 2.30. The van der Waals surface area contributed by atoms with Gasteiger partial charge in [-0.15, -0.1) is 0 Å². The van der Waals surface area contributed by atoms with Crippen LogP contribution in [0.2, 0.25) is 0 Å². The summed E-state index contributed by atoms with van der Waals surface area (Å²) in [7, 11) is 1.58. The van der Waals surface area contributed by atoms with Crippen LogP contribution in [0, 0.1) is 5.92 Å². The Balaban J connectivity index is 1.88. The number of carbonyl (C=O) groups is 1. The maximum Gasteiger partial charge on any atom is 0.319 e. The largest absolute Gasteiger partial charge is 0.493 e. The smallest absolute Gasteiger partial charge is 0.319 e. The quantitative estimate of drug-likeness (QED) is 0.530. The molecule has 2 rings (SSSR count). The number of amides is 2. The van der Waals surface area contributed by atoms with Crippen molar-refractivity contribution in [3.8, 4) is 11.5 Å². The summed E-state index contributed by atoms with van der Waals surface area (Å²) in [5.74, 6) is 1.84. The zero-order chi connectivity index (χ0) is 20.4. The first-order chi connectivity index (χ1) is 13.5. The molecule has 2 aromatic rings. The van der Waals surface area contributed by atoms with Gasteiger partial charge in [0.1, 0.15) is 0 Å². The second-order valence-corrected chi connectivity index (χ2v) is 7.01. The summed E-state index contributed by atoms with van der Waals surface area (Å²) in [6.45, 7) is 5.06. The fourth-order valence-corrected chi connectivity index (χ4v) is 2.70. The predicted octanol–water partition coefficient (Wildman–Crippen LogP) is 4.37. The Hall–Kier alpha value is -2.73. The first kappa shape index (κ1) is 21.6. The molecule has 0 aliphatic carbocycles. The molecule has 152 valence electrons. The van der Waals surface area contributed by atoms with Crippen LogP contribution in [0.15, 0.2) is 48.5 Å². The van der Waals surface area contributed by atoms with Gasteiger partial charge in [-0.05, 0) is 36.5 Å². The SMILES string of the molecule is COc1ccc(NC(=O)NCC(O)c2ccccc2)cc1OCCCC(C)C. The minimum Gasteiger partial charge on any atom is -0.493 e. The van der Waals surface area contributed by atoms with E-state index >= 15 is 0 Å². The van der Waals surface area contributed by atoms with Crippen molar-refractivity contribution in [2.75, 3.05) is 25.6 Å². The van der Waals surface area contributed by atoms with Crippen LogP contribution in [0.5, 0.6) is 11.5 Å². The van der Waals surface area contributed by atoms with Crippen LogP contribution in [0.4, 0.5) is 10.5 Å². The van der Waals surface area contributed by atoms with Crippen molar-refractivity contribution >= 4 is 11.7 Å². The van der Waals surface area contributed by atoms with Gasteiger partial charge in [0.05, 0.1) is 19.8 Å². The number of urea groups is 1. The Bertz CT molecular complexity index is 735. The molecule has 1 unspecified atom stereocenters. The topological polar surface area (TPSA) is 79.8 Å². The monoisotopic (exact) mass is 386 g/mol. The van der Waals surface area contributed by atoms with Gasteiger partial charge < -0.3 is 25.2 Å². The minimum atomic E-state index is -0.761. The van der Waals surface area contributed by atoms with E-state index in [0.29, 0.717) is 29.7 Å². The van der Waals surface area contributed by atoms with Gasteiger partial charge in [-0.1, -0.05) is 44.2 Å². The van der Waals surface area contributed by atoms with E-state index in [9.17, 15) is 9.90 Å². The molecule has 6 heteroatoms. The summed E-state index contributed by atoms with van der Waals surface area (Å²) in [4.78, 5) is 12.1. The lowest BCUT2D eigenvalue weighted by Gasteiger charge is -2.15. The molecule has 0 aliphatic heterocycles. The highest BCUT2D eigenvalue weighted by Gasteiger charge is 2.11. The maximum absolute atomic E-state index is 12.1. The highest BCUT2D eigenvalue weighted by atomic mass is 16.5. The van der Waals surface area contributed by atoms with Crippen molar-refractivity contribution in [1.29, 1.82) is 0 Å². The second kappa shape index (κ2) is 11.2. The molecular weight excluding hydrogens is 356 g/mol. The van der Waals surface area contributed by atoms with Crippen LogP contribution < -0.4 is 20.1 Å². The van der Waals surface area contributed by atoms with E-state index in [1.807, 2.05) is 30.3 Å². The van der Waals surface area contributed by atoms with Gasteiger partial charge in [-0.25, -0.2) is 4.79 Å². The Morgan fingerprint density at radius 2 is 1.86 bits per heavy atom. The van der Waals surface area contributed by atoms with Gasteiger partial charge in [-0.3, -0.25) is 0 Å². The number of hydrogen-bond acceptors (Lipinski definition) is 4. The maximum atomic E-state index is 12.1. The summed E-state index contributed by atoms with van der Waals surface area (Å²) >= 11 is 0. The molecule has 0 aliphatic rings. The van der Waals surface area contributed by atoms with Gasteiger partial charge >= 0.3 is 6.03 Å². The number of nitrogens with one attached hydrogen (secondary N) is 2. The van der Waals surface area contributed by atoms with Gasteiger partial charge in [-0.2, -0.15) is 0 Å². The van der Waals surface area contributed by atoms with Crippen LogP contribution in [0.1, 0.15) is 38.4 Å². The zero-order valence-electron chi connectivity index (χ0n) is 16.8. The van der Waals surface area contributed by atoms with Gasteiger partial charge in [0.15, 0.2) is 11.5 Å². The van der Waals surface area contributed by atoms with Crippen molar-refractivity contribution in [3.63, 3.8) is 0 Å². The molecule has 0 radical (unpaired) electrons. The van der Waals surface area contributed by atoms with Gasteiger partial charge in [0, 0.05) is 18.3 Å². The number of rotatable bonds is 10. The molecule has 2 amide bonds. The lowest BCUT2D eigenvalue weighted by atomic mass is 10.1. The number of aliphatic hydroxyl groups excluding tert-OH is 1. The fourth-order valence-electron chi connectivity index (χ4n) is 2.70. The third-order valence-electron chi connectivity index (χ3n) is 4.25. The lowest BCUT2D eigenvalue weighted by molar-refractivity contribution is 0.175. The highest BCUT2D eigenvalue weighted by molar-refractivity contribution is 5.89. The van der Waals surface area contributed by atoms with Crippen molar-refractivity contribution in [2.24, 2.45) is 5.92 Å². The van der Waals surface area contributed by atoms with E-state index in [1.165, 1.54) is 0 Å². The number of benzene rings is 2. The lowest BCUT2D eigenvalue weighted by Crippen LogP contribution is -2.32. The third kappa shape index (κ3) is 7.12. The number of carbonyl (C=O) groups excluding carboxylic acids is 1. The molecule has 3 N–H and O–H groups in total. The molecule has 28 heavy (non-hydrogen) atoms. The Labute approximate surface area is 166 Å². The van der Waals surface area contributed by atoms with Crippen LogP contribution in [-0.4, -0.2) is 31.4 Å². The average molecular weight is 386 g/mol. The van der Waals surface area contributed by atoms with Crippen molar-refractivity contribution in [2.45, 2.75) is 32.8 Å². The first-order valence-electron chi connectivity index (χ1n) is 9.58. The van der Waals surface area contributed by atoms with Gasteiger partial charge in [0.2, 0.25) is 0 Å². The summed E-state index contributed by atoms with van der Waals surface area (Å²) in [5, 5.41) is 15.6. The number of ether oxygens (including phenoxy) is 2. The minimum absolute atomic E-state index is 0.116. The van der Waals surface area contributed by atoms with Crippen LogP contribution in [0.25, 0.3) is 0 Å². The number of anilines is 1. The second-order valence-electron chi connectivity index (χ2n) is 7.01. The molecule has 0 saturated carbocycles. The Morgan fingerprint density at radius 1 is 1.11 bits per heavy atom. The van der Waals surface area contributed by atoms with Crippen LogP contribution >= 0.6 is 0 Å². The average Bonchev–Trinajstić information content (AvgIpc) is 2.70.